The first-order chi connectivity index (χ1) is 8.08. The summed E-state index contributed by atoms with van der Waals surface area (Å²) in [6.07, 6.45) is 2.02. The van der Waals surface area contributed by atoms with Crippen molar-refractivity contribution in [2.45, 2.75) is 25.8 Å². The van der Waals surface area contributed by atoms with Gasteiger partial charge in [0.1, 0.15) is 0 Å². The molecule has 1 aliphatic rings. The Kier molecular flexibility index (Phi) is 3.69. The molecule has 1 N–H and O–H groups in total. The molecule has 0 aliphatic carbocycles. The fraction of sp³-hybridized carbons (Fsp3) is 0.462. The number of hydrogen-bond donors (Lipinski definition) is 1. The third-order valence-corrected chi connectivity index (χ3v) is 3.67. The number of carbonyl (C=O) groups is 1. The van der Waals surface area contributed by atoms with Crippen molar-refractivity contribution in [2.24, 2.45) is 0 Å². The molecule has 92 valence electrons. The predicted molar refractivity (Wildman–Crippen MR) is 70.5 cm³/mol. The van der Waals surface area contributed by atoms with Gasteiger partial charge in [-0.25, -0.2) is 0 Å². The molecule has 1 unspecified atom stereocenters. The van der Waals surface area contributed by atoms with Crippen LogP contribution >= 0.6 is 11.6 Å². The molecule has 1 aliphatic heterocycles. The van der Waals surface area contributed by atoms with Crippen LogP contribution in [0.1, 0.15) is 18.4 Å². The lowest BCUT2D eigenvalue weighted by molar-refractivity contribution is -0.119. The molecule has 1 aromatic carbocycles. The number of aryl methyl sites for hydroxylation is 1. The highest BCUT2D eigenvalue weighted by atomic mass is 35.5. The van der Waals surface area contributed by atoms with E-state index in [2.05, 4.69) is 10.2 Å². The number of likely N-dealkylation sites (tertiary alicyclic amines) is 1. The highest BCUT2D eigenvalue weighted by Crippen LogP contribution is 2.21. The van der Waals surface area contributed by atoms with Crippen LogP contribution in [0.2, 0.25) is 5.02 Å². The Labute approximate surface area is 107 Å². The molecule has 1 saturated heterocycles. The maximum atomic E-state index is 12.0. The van der Waals surface area contributed by atoms with Crippen LogP contribution in [0, 0.1) is 6.92 Å². The average molecular weight is 253 g/mol. The lowest BCUT2D eigenvalue weighted by atomic mass is 10.2. The first-order valence-electron chi connectivity index (χ1n) is 5.85. The SMILES string of the molecule is Cc1ccc(NC(=O)C2CCCN2C)cc1Cl. The van der Waals surface area contributed by atoms with E-state index in [0.29, 0.717) is 5.02 Å². The molecule has 1 fully saturated rings. The Morgan fingerprint density at radius 3 is 2.88 bits per heavy atom. The number of anilines is 1. The zero-order valence-electron chi connectivity index (χ0n) is 10.2. The smallest absolute Gasteiger partial charge is 0.241 e. The van der Waals surface area contributed by atoms with E-state index >= 15 is 0 Å². The number of carbonyl (C=O) groups excluding carboxylic acids is 1. The summed E-state index contributed by atoms with van der Waals surface area (Å²) in [6, 6.07) is 5.59. The van der Waals surface area contributed by atoms with Gasteiger partial charge in [0.2, 0.25) is 5.91 Å². The molecule has 2 rings (SSSR count). The van der Waals surface area contributed by atoms with Crippen LogP contribution in [-0.4, -0.2) is 30.4 Å². The Morgan fingerprint density at radius 1 is 1.53 bits per heavy atom. The lowest BCUT2D eigenvalue weighted by Crippen LogP contribution is -2.37. The molecule has 0 bridgehead atoms. The van der Waals surface area contributed by atoms with Crippen LogP contribution in [0.4, 0.5) is 5.69 Å². The zero-order chi connectivity index (χ0) is 12.4. The molecule has 1 heterocycles. The summed E-state index contributed by atoms with van der Waals surface area (Å²) in [6.45, 7) is 2.94. The largest absolute Gasteiger partial charge is 0.325 e. The van der Waals surface area contributed by atoms with Crippen molar-refractivity contribution in [2.75, 3.05) is 18.9 Å². The third kappa shape index (κ3) is 2.79. The summed E-state index contributed by atoms with van der Waals surface area (Å²) in [7, 11) is 1.99. The number of likely N-dealkylation sites (N-methyl/N-ethyl adjacent to an activating group) is 1. The molecule has 4 heteroatoms. The van der Waals surface area contributed by atoms with Gasteiger partial charge in [-0.3, -0.25) is 9.69 Å². The lowest BCUT2D eigenvalue weighted by Gasteiger charge is -2.18. The van der Waals surface area contributed by atoms with Crippen molar-refractivity contribution < 1.29 is 4.79 Å². The van der Waals surface area contributed by atoms with E-state index < -0.39 is 0 Å². The van der Waals surface area contributed by atoms with Gasteiger partial charge in [-0.1, -0.05) is 17.7 Å². The molecule has 1 aromatic rings. The Morgan fingerprint density at radius 2 is 2.29 bits per heavy atom. The second kappa shape index (κ2) is 5.07. The quantitative estimate of drug-likeness (QED) is 0.878. The van der Waals surface area contributed by atoms with E-state index in [1.807, 2.05) is 26.1 Å². The molecule has 1 atom stereocenters. The minimum absolute atomic E-state index is 0.00456. The minimum Gasteiger partial charge on any atom is -0.325 e. The van der Waals surface area contributed by atoms with Gasteiger partial charge < -0.3 is 5.32 Å². The second-order valence-corrected chi connectivity index (χ2v) is 5.00. The predicted octanol–water partition coefficient (Wildman–Crippen LogP) is 2.68. The number of hydrogen-bond acceptors (Lipinski definition) is 2. The summed E-state index contributed by atoms with van der Waals surface area (Å²) < 4.78 is 0. The van der Waals surface area contributed by atoms with E-state index in [1.54, 1.807) is 6.07 Å². The summed E-state index contributed by atoms with van der Waals surface area (Å²) in [5.41, 5.74) is 1.79. The zero-order valence-corrected chi connectivity index (χ0v) is 10.9. The first kappa shape index (κ1) is 12.4. The van der Waals surface area contributed by atoms with E-state index in [4.69, 9.17) is 11.6 Å². The highest BCUT2D eigenvalue weighted by molar-refractivity contribution is 6.31. The van der Waals surface area contributed by atoms with Gasteiger partial charge in [-0.15, -0.1) is 0 Å². The number of nitrogens with one attached hydrogen (secondary N) is 1. The van der Waals surface area contributed by atoms with Crippen molar-refractivity contribution in [3.8, 4) is 0 Å². The topological polar surface area (TPSA) is 32.3 Å². The van der Waals surface area contributed by atoms with Gasteiger partial charge in [-0.05, 0) is 51.1 Å². The molecule has 0 spiro atoms. The van der Waals surface area contributed by atoms with Gasteiger partial charge >= 0.3 is 0 Å². The summed E-state index contributed by atoms with van der Waals surface area (Å²) in [5.74, 6) is 0.0601. The number of halogens is 1. The van der Waals surface area contributed by atoms with Crippen LogP contribution in [0.25, 0.3) is 0 Å². The maximum absolute atomic E-state index is 12.0. The number of benzene rings is 1. The fourth-order valence-corrected chi connectivity index (χ4v) is 2.32. The maximum Gasteiger partial charge on any atom is 0.241 e. The van der Waals surface area contributed by atoms with E-state index in [1.165, 1.54) is 0 Å². The van der Waals surface area contributed by atoms with E-state index in [-0.39, 0.29) is 11.9 Å². The summed E-state index contributed by atoms with van der Waals surface area (Å²) in [5, 5.41) is 3.60. The minimum atomic E-state index is -0.00456. The van der Waals surface area contributed by atoms with Gasteiger partial charge in [0.05, 0.1) is 6.04 Å². The van der Waals surface area contributed by atoms with Crippen LogP contribution < -0.4 is 5.32 Å². The first-order valence-corrected chi connectivity index (χ1v) is 6.23. The van der Waals surface area contributed by atoms with Crippen LogP contribution in [-0.2, 0) is 4.79 Å². The Bertz CT molecular complexity index is 433. The van der Waals surface area contributed by atoms with E-state index in [9.17, 15) is 4.79 Å². The highest BCUT2D eigenvalue weighted by Gasteiger charge is 2.27. The van der Waals surface area contributed by atoms with Gasteiger partial charge in [0.15, 0.2) is 0 Å². The van der Waals surface area contributed by atoms with Gasteiger partial charge in [-0.2, -0.15) is 0 Å². The molecule has 17 heavy (non-hydrogen) atoms. The molecular weight excluding hydrogens is 236 g/mol. The van der Waals surface area contributed by atoms with Gasteiger partial charge in [0.25, 0.3) is 0 Å². The van der Waals surface area contributed by atoms with Crippen molar-refractivity contribution in [3.05, 3.63) is 28.8 Å². The van der Waals surface area contributed by atoms with Crippen LogP contribution in [0.5, 0.6) is 0 Å². The summed E-state index contributed by atoms with van der Waals surface area (Å²) >= 11 is 6.02. The second-order valence-electron chi connectivity index (χ2n) is 4.59. The normalized spacial score (nSPS) is 20.5. The van der Waals surface area contributed by atoms with Crippen molar-refractivity contribution in [1.29, 1.82) is 0 Å². The fourth-order valence-electron chi connectivity index (χ4n) is 2.14. The van der Waals surface area contributed by atoms with Crippen molar-refractivity contribution >= 4 is 23.2 Å². The molecule has 3 nitrogen and oxygen atoms in total. The van der Waals surface area contributed by atoms with Crippen molar-refractivity contribution in [1.82, 2.24) is 4.90 Å². The summed E-state index contributed by atoms with van der Waals surface area (Å²) in [4.78, 5) is 14.1. The van der Waals surface area contributed by atoms with Crippen LogP contribution in [0.15, 0.2) is 18.2 Å². The van der Waals surface area contributed by atoms with Crippen LogP contribution in [0.3, 0.4) is 0 Å². The Balaban J connectivity index is 2.05. The number of rotatable bonds is 2. The molecule has 0 radical (unpaired) electrons. The standard InChI is InChI=1S/C13H17ClN2O/c1-9-5-6-10(8-11(9)14)15-13(17)12-4-3-7-16(12)2/h5-6,8,12H,3-4,7H2,1-2H3,(H,15,17). The molecule has 0 saturated carbocycles. The van der Waals surface area contributed by atoms with Crippen molar-refractivity contribution in [3.63, 3.8) is 0 Å². The molecule has 1 amide bonds. The molecular formula is C13H17ClN2O. The monoisotopic (exact) mass is 252 g/mol. The average Bonchev–Trinajstić information content (AvgIpc) is 2.70. The van der Waals surface area contributed by atoms with E-state index in [0.717, 1.165) is 30.6 Å². The number of nitrogens with zero attached hydrogens (tertiary/aromatic N) is 1. The Hall–Kier alpha value is -1.06. The number of amides is 1. The van der Waals surface area contributed by atoms with Gasteiger partial charge in [0, 0.05) is 10.7 Å². The third-order valence-electron chi connectivity index (χ3n) is 3.26. The molecule has 0 aromatic heterocycles.